The maximum Gasteiger partial charge on any atom is 0.129 e. The summed E-state index contributed by atoms with van der Waals surface area (Å²) >= 11 is 0. The summed E-state index contributed by atoms with van der Waals surface area (Å²) in [4.78, 5) is 2.40. The molecule has 1 N–H and O–H groups in total. The highest BCUT2D eigenvalue weighted by molar-refractivity contribution is 5.89. The van der Waals surface area contributed by atoms with E-state index >= 15 is 0 Å². The third-order valence-corrected chi connectivity index (χ3v) is 4.54. The lowest BCUT2D eigenvalue weighted by molar-refractivity contribution is -0.0675. The van der Waals surface area contributed by atoms with E-state index in [4.69, 9.17) is 4.74 Å². The summed E-state index contributed by atoms with van der Waals surface area (Å²) in [6.07, 6.45) is 3.37. The first-order valence-electron chi connectivity index (χ1n) is 8.36. The number of halogens is 1. The van der Waals surface area contributed by atoms with E-state index in [0.29, 0.717) is 0 Å². The normalized spacial score (nSPS) is 22.8. The second kappa shape index (κ2) is 6.49. The van der Waals surface area contributed by atoms with Gasteiger partial charge in [0.15, 0.2) is 0 Å². The minimum atomic E-state index is -0.398. The lowest BCUT2D eigenvalue weighted by atomic mass is 10.1. The van der Waals surface area contributed by atoms with E-state index in [9.17, 15) is 9.50 Å². The molecule has 2 unspecified atom stereocenters. The van der Waals surface area contributed by atoms with Crippen LogP contribution in [0.2, 0.25) is 0 Å². The third-order valence-electron chi connectivity index (χ3n) is 4.54. The summed E-state index contributed by atoms with van der Waals surface area (Å²) in [7, 11) is 0. The van der Waals surface area contributed by atoms with Crippen LogP contribution in [0.1, 0.15) is 26.3 Å². The summed E-state index contributed by atoms with van der Waals surface area (Å²) < 4.78 is 21.4. The summed E-state index contributed by atoms with van der Waals surface area (Å²) in [6, 6.07) is 2.70. The molecule has 126 valence electrons. The quantitative estimate of drug-likeness (QED) is 0.940. The van der Waals surface area contributed by atoms with Crippen LogP contribution in [0.4, 0.5) is 4.39 Å². The van der Waals surface area contributed by atoms with Crippen LogP contribution in [-0.4, -0.2) is 46.4 Å². The van der Waals surface area contributed by atoms with Crippen LogP contribution in [0.15, 0.2) is 18.3 Å². The molecule has 2 atom stereocenters. The van der Waals surface area contributed by atoms with Crippen molar-refractivity contribution in [3.8, 4) is 5.75 Å². The van der Waals surface area contributed by atoms with Crippen LogP contribution < -0.4 is 0 Å². The molecule has 1 fully saturated rings. The molecule has 5 heteroatoms. The molecule has 1 aliphatic rings. The van der Waals surface area contributed by atoms with Crippen LogP contribution >= 0.6 is 0 Å². The predicted molar refractivity (Wildman–Crippen MR) is 89.4 cm³/mol. The van der Waals surface area contributed by atoms with Crippen LogP contribution in [0.25, 0.3) is 10.9 Å². The molecule has 0 spiro atoms. The van der Waals surface area contributed by atoms with Crippen LogP contribution in [-0.2, 0) is 17.7 Å². The third kappa shape index (κ3) is 3.35. The highest BCUT2D eigenvalue weighted by Crippen LogP contribution is 2.31. The largest absolute Gasteiger partial charge is 0.507 e. The van der Waals surface area contributed by atoms with E-state index < -0.39 is 5.82 Å². The monoisotopic (exact) mass is 320 g/mol. The zero-order valence-electron chi connectivity index (χ0n) is 14.1. The van der Waals surface area contributed by atoms with E-state index in [1.165, 1.54) is 12.1 Å². The molecule has 2 aromatic rings. The Morgan fingerprint density at radius 3 is 2.61 bits per heavy atom. The lowest BCUT2D eigenvalue weighted by Crippen LogP contribution is -2.46. The number of nitrogens with zero attached hydrogens (tertiary/aromatic N) is 2. The molecule has 23 heavy (non-hydrogen) atoms. The maximum absolute atomic E-state index is 13.6. The van der Waals surface area contributed by atoms with Crippen LogP contribution in [0, 0.1) is 5.82 Å². The molecule has 1 aliphatic heterocycles. The number of phenolic OH excluding ortho intramolecular Hbond substituents is 1. The molecule has 2 heterocycles. The average Bonchev–Trinajstić information content (AvgIpc) is 2.82. The summed E-state index contributed by atoms with van der Waals surface area (Å²) in [6.45, 7) is 9.74. The number of aromatic nitrogens is 1. The van der Waals surface area contributed by atoms with Crippen molar-refractivity contribution in [2.45, 2.75) is 45.9 Å². The molecule has 1 aromatic heterocycles. The fraction of sp³-hybridized carbons (Fsp3) is 0.556. The first kappa shape index (κ1) is 16.3. The van der Waals surface area contributed by atoms with Crippen molar-refractivity contribution in [3.05, 3.63) is 29.7 Å². The number of ether oxygens (including phenoxy) is 1. The van der Waals surface area contributed by atoms with Gasteiger partial charge in [-0.05, 0) is 38.8 Å². The van der Waals surface area contributed by atoms with Crippen molar-refractivity contribution < 1.29 is 14.2 Å². The van der Waals surface area contributed by atoms with Gasteiger partial charge in [0.05, 0.1) is 17.7 Å². The maximum atomic E-state index is 13.6. The lowest BCUT2D eigenvalue weighted by Gasteiger charge is -2.35. The van der Waals surface area contributed by atoms with Crippen LogP contribution in [0.5, 0.6) is 5.75 Å². The zero-order chi connectivity index (χ0) is 16.6. The van der Waals surface area contributed by atoms with Crippen molar-refractivity contribution >= 4 is 10.9 Å². The zero-order valence-corrected chi connectivity index (χ0v) is 14.1. The summed E-state index contributed by atoms with van der Waals surface area (Å²) in [5, 5.41) is 11.0. The first-order valence-corrected chi connectivity index (χ1v) is 8.36. The van der Waals surface area contributed by atoms with Gasteiger partial charge in [0, 0.05) is 43.8 Å². The molecule has 3 rings (SSSR count). The Hall–Kier alpha value is -1.59. The molecule has 1 saturated heterocycles. The van der Waals surface area contributed by atoms with Gasteiger partial charge in [-0.15, -0.1) is 0 Å². The van der Waals surface area contributed by atoms with Gasteiger partial charge < -0.3 is 14.4 Å². The topological polar surface area (TPSA) is 37.6 Å². The number of aryl methyl sites for hydroxylation is 1. The number of benzene rings is 1. The number of hydrogen-bond acceptors (Lipinski definition) is 3. The Morgan fingerprint density at radius 1 is 1.26 bits per heavy atom. The van der Waals surface area contributed by atoms with Crippen molar-refractivity contribution in [1.82, 2.24) is 9.47 Å². The standard InChI is InChI=1S/C18H25FN2O2/c1-4-21-11-14(18-16(21)7-15(19)8-17(18)22)5-6-20-9-12(2)23-13(3)10-20/h7-8,11-13,22H,4-6,9-10H2,1-3H3. The van der Waals surface area contributed by atoms with Gasteiger partial charge in [0.25, 0.3) is 0 Å². The Kier molecular flexibility index (Phi) is 4.60. The SMILES string of the molecule is CCn1cc(CCN2CC(C)OC(C)C2)c2c(O)cc(F)cc21. The van der Waals surface area contributed by atoms with Gasteiger partial charge in [-0.3, -0.25) is 4.90 Å². The Balaban J connectivity index is 1.83. The number of aromatic hydroxyl groups is 1. The second-order valence-corrected chi connectivity index (χ2v) is 6.53. The molecule has 0 radical (unpaired) electrons. The molecule has 1 aromatic carbocycles. The van der Waals surface area contributed by atoms with E-state index in [1.54, 1.807) is 0 Å². The molecular formula is C18H25FN2O2. The number of fused-ring (bicyclic) bond motifs is 1. The minimum absolute atomic E-state index is 0.0333. The van der Waals surface area contributed by atoms with Gasteiger partial charge in [-0.25, -0.2) is 4.39 Å². The molecule has 0 bridgehead atoms. The number of hydrogen-bond donors (Lipinski definition) is 1. The number of rotatable bonds is 4. The minimum Gasteiger partial charge on any atom is -0.507 e. The average molecular weight is 320 g/mol. The van der Waals surface area contributed by atoms with Crippen LogP contribution in [0.3, 0.4) is 0 Å². The van der Waals surface area contributed by atoms with Gasteiger partial charge in [0.1, 0.15) is 11.6 Å². The van der Waals surface area contributed by atoms with Crippen molar-refractivity contribution in [2.24, 2.45) is 0 Å². The molecule has 4 nitrogen and oxygen atoms in total. The predicted octanol–water partition coefficient (Wildman–Crippen LogP) is 3.16. The van der Waals surface area contributed by atoms with E-state index in [2.05, 4.69) is 18.7 Å². The molecule has 0 amide bonds. The van der Waals surface area contributed by atoms with Gasteiger partial charge in [-0.2, -0.15) is 0 Å². The van der Waals surface area contributed by atoms with Gasteiger partial charge in [-0.1, -0.05) is 0 Å². The molecular weight excluding hydrogens is 295 g/mol. The summed E-state index contributed by atoms with van der Waals surface area (Å²) in [5.74, 6) is -0.365. The van der Waals surface area contributed by atoms with E-state index in [0.717, 1.165) is 49.1 Å². The fourth-order valence-electron chi connectivity index (χ4n) is 3.65. The molecule has 0 saturated carbocycles. The Labute approximate surface area is 136 Å². The van der Waals surface area contributed by atoms with E-state index in [-0.39, 0.29) is 18.0 Å². The smallest absolute Gasteiger partial charge is 0.129 e. The Bertz CT molecular complexity index is 688. The molecule has 0 aliphatic carbocycles. The second-order valence-electron chi connectivity index (χ2n) is 6.53. The Morgan fingerprint density at radius 2 is 1.96 bits per heavy atom. The van der Waals surface area contributed by atoms with Gasteiger partial charge in [0.2, 0.25) is 0 Å². The van der Waals surface area contributed by atoms with Crippen molar-refractivity contribution in [1.29, 1.82) is 0 Å². The fourth-order valence-corrected chi connectivity index (χ4v) is 3.65. The van der Waals surface area contributed by atoms with Crippen molar-refractivity contribution in [2.75, 3.05) is 19.6 Å². The summed E-state index contributed by atoms with van der Waals surface area (Å²) in [5.41, 5.74) is 1.84. The van der Waals surface area contributed by atoms with Crippen molar-refractivity contribution in [3.63, 3.8) is 0 Å². The highest BCUT2D eigenvalue weighted by atomic mass is 19.1. The highest BCUT2D eigenvalue weighted by Gasteiger charge is 2.22. The number of morpholine rings is 1. The number of phenols is 1. The van der Waals surface area contributed by atoms with E-state index in [1.807, 2.05) is 17.7 Å². The van der Waals surface area contributed by atoms with Gasteiger partial charge >= 0.3 is 0 Å². The first-order chi connectivity index (χ1) is 11.0.